The molecule has 23 heavy (non-hydrogen) atoms. The summed E-state index contributed by atoms with van der Waals surface area (Å²) in [7, 11) is 0. The number of hydrogen-bond acceptors (Lipinski definition) is 1. The van der Waals surface area contributed by atoms with Gasteiger partial charge in [-0.2, -0.15) is 0 Å². The summed E-state index contributed by atoms with van der Waals surface area (Å²) in [5.41, 5.74) is 4.39. The molecule has 2 rings (SSSR count). The number of benzene rings is 1. The summed E-state index contributed by atoms with van der Waals surface area (Å²) in [6, 6.07) is 8.88. The van der Waals surface area contributed by atoms with Gasteiger partial charge in [-0.05, 0) is 31.4 Å². The van der Waals surface area contributed by atoms with Crippen LogP contribution < -0.4 is 4.90 Å². The summed E-state index contributed by atoms with van der Waals surface area (Å²) in [5, 5.41) is 0. The van der Waals surface area contributed by atoms with Gasteiger partial charge in [-0.15, -0.1) is 0 Å². The highest BCUT2D eigenvalue weighted by molar-refractivity contribution is 5.59. The van der Waals surface area contributed by atoms with E-state index in [0.29, 0.717) is 0 Å². The number of unbranched alkanes of at least 4 members (excludes halogenated alkanes) is 9. The number of anilines is 1. The highest BCUT2D eigenvalue weighted by atomic mass is 15.1. The standard InChI is InChI=1S/C22H35N/c1-3-4-5-6-7-8-9-10-11-14-17-23-19-20(2)18-21-15-12-13-16-22(21)23/h12-13,15-16,19H,3-11,14,17-18H2,1-2H3. The van der Waals surface area contributed by atoms with E-state index in [1.807, 2.05) is 0 Å². The summed E-state index contributed by atoms with van der Waals surface area (Å²) in [4.78, 5) is 2.47. The molecule has 0 N–H and O–H groups in total. The van der Waals surface area contributed by atoms with Crippen molar-refractivity contribution in [3.05, 3.63) is 41.6 Å². The van der Waals surface area contributed by atoms with Gasteiger partial charge in [-0.1, -0.05) is 88.5 Å². The zero-order chi connectivity index (χ0) is 16.3. The van der Waals surface area contributed by atoms with Gasteiger partial charge in [0.25, 0.3) is 0 Å². The van der Waals surface area contributed by atoms with Crippen LogP contribution >= 0.6 is 0 Å². The number of para-hydroxylation sites is 1. The van der Waals surface area contributed by atoms with Crippen LogP contribution in [0.5, 0.6) is 0 Å². The number of fused-ring (bicyclic) bond motifs is 1. The molecule has 0 saturated carbocycles. The van der Waals surface area contributed by atoms with Crippen molar-refractivity contribution < 1.29 is 0 Å². The molecule has 0 atom stereocenters. The molecule has 0 spiro atoms. The molecular formula is C22H35N. The van der Waals surface area contributed by atoms with E-state index < -0.39 is 0 Å². The maximum atomic E-state index is 2.47. The second-order valence-corrected chi connectivity index (χ2v) is 7.16. The van der Waals surface area contributed by atoms with Crippen LogP contribution in [0.15, 0.2) is 36.0 Å². The zero-order valence-electron chi connectivity index (χ0n) is 15.3. The SMILES string of the molecule is CCCCCCCCCCCCN1C=C(C)Cc2ccccc21. The van der Waals surface area contributed by atoms with E-state index in [-0.39, 0.29) is 0 Å². The zero-order valence-corrected chi connectivity index (χ0v) is 15.3. The fraction of sp³-hybridized carbons (Fsp3) is 0.636. The van der Waals surface area contributed by atoms with Crippen LogP contribution in [0.1, 0.15) is 83.6 Å². The first-order valence-electron chi connectivity index (χ1n) is 9.83. The molecule has 1 nitrogen and oxygen atoms in total. The van der Waals surface area contributed by atoms with Crippen LogP contribution in [-0.4, -0.2) is 6.54 Å². The predicted octanol–water partition coefficient (Wildman–Crippen LogP) is 6.87. The van der Waals surface area contributed by atoms with Crippen molar-refractivity contribution in [2.45, 2.75) is 84.5 Å². The Morgan fingerprint density at radius 3 is 2.13 bits per heavy atom. The average Bonchev–Trinajstić information content (AvgIpc) is 2.56. The molecule has 1 aromatic rings. The van der Waals surface area contributed by atoms with Gasteiger partial charge in [-0.3, -0.25) is 0 Å². The smallest absolute Gasteiger partial charge is 0.0441 e. The van der Waals surface area contributed by atoms with Crippen LogP contribution in [0, 0.1) is 0 Å². The molecule has 1 aliphatic rings. The van der Waals surface area contributed by atoms with Gasteiger partial charge in [-0.25, -0.2) is 0 Å². The van der Waals surface area contributed by atoms with E-state index >= 15 is 0 Å². The Morgan fingerprint density at radius 1 is 0.826 bits per heavy atom. The third kappa shape index (κ3) is 6.41. The predicted molar refractivity (Wildman–Crippen MR) is 103 cm³/mol. The lowest BCUT2D eigenvalue weighted by Gasteiger charge is -2.28. The van der Waals surface area contributed by atoms with Crippen LogP contribution in [0.25, 0.3) is 0 Å². The average molecular weight is 314 g/mol. The first-order chi connectivity index (χ1) is 11.3. The van der Waals surface area contributed by atoms with E-state index in [2.05, 4.69) is 49.2 Å². The minimum atomic E-state index is 1.12. The molecule has 1 aromatic carbocycles. The van der Waals surface area contributed by atoms with Gasteiger partial charge in [0.1, 0.15) is 0 Å². The number of hydrogen-bond donors (Lipinski definition) is 0. The van der Waals surface area contributed by atoms with Gasteiger partial charge in [0, 0.05) is 18.4 Å². The Labute approximate surface area is 143 Å². The Bertz CT molecular complexity index is 475. The van der Waals surface area contributed by atoms with Gasteiger partial charge in [0.15, 0.2) is 0 Å². The highest BCUT2D eigenvalue weighted by Gasteiger charge is 2.14. The molecule has 0 saturated heterocycles. The molecule has 0 bridgehead atoms. The molecule has 0 radical (unpaired) electrons. The lowest BCUT2D eigenvalue weighted by Crippen LogP contribution is -2.22. The molecule has 1 aliphatic heterocycles. The second kappa shape index (κ2) is 10.5. The van der Waals surface area contributed by atoms with Gasteiger partial charge in [0.05, 0.1) is 0 Å². The Balaban J connectivity index is 1.58. The minimum Gasteiger partial charge on any atom is -0.348 e. The summed E-state index contributed by atoms with van der Waals surface area (Å²) in [6.45, 7) is 5.71. The number of nitrogens with zero attached hydrogens (tertiary/aromatic N) is 1. The fourth-order valence-corrected chi connectivity index (χ4v) is 3.58. The van der Waals surface area contributed by atoms with Crippen LogP contribution in [0.2, 0.25) is 0 Å². The summed E-state index contributed by atoms with van der Waals surface area (Å²) in [5.74, 6) is 0. The molecule has 1 heteroatoms. The third-order valence-electron chi connectivity index (χ3n) is 4.90. The van der Waals surface area contributed by atoms with Crippen molar-refractivity contribution in [1.29, 1.82) is 0 Å². The first-order valence-corrected chi connectivity index (χ1v) is 9.83. The topological polar surface area (TPSA) is 3.24 Å². The van der Waals surface area contributed by atoms with E-state index in [1.54, 1.807) is 0 Å². The first kappa shape index (κ1) is 18.1. The van der Waals surface area contributed by atoms with Crippen molar-refractivity contribution in [2.24, 2.45) is 0 Å². The second-order valence-electron chi connectivity index (χ2n) is 7.16. The van der Waals surface area contributed by atoms with Crippen LogP contribution in [0.4, 0.5) is 5.69 Å². The van der Waals surface area contributed by atoms with Gasteiger partial charge < -0.3 is 4.90 Å². The fourth-order valence-electron chi connectivity index (χ4n) is 3.58. The minimum absolute atomic E-state index is 1.12. The molecule has 0 amide bonds. The summed E-state index contributed by atoms with van der Waals surface area (Å²) >= 11 is 0. The van der Waals surface area contributed by atoms with Gasteiger partial charge >= 0.3 is 0 Å². The lowest BCUT2D eigenvalue weighted by molar-refractivity contribution is 0.557. The number of rotatable bonds is 11. The molecule has 0 fully saturated rings. The normalized spacial score (nSPS) is 13.8. The molecule has 0 aromatic heterocycles. The largest absolute Gasteiger partial charge is 0.348 e. The molecule has 128 valence electrons. The molecule has 0 aliphatic carbocycles. The number of allylic oxidation sites excluding steroid dienone is 1. The van der Waals surface area contributed by atoms with Crippen molar-refractivity contribution >= 4 is 5.69 Å². The quantitative estimate of drug-likeness (QED) is 0.403. The lowest BCUT2D eigenvalue weighted by atomic mass is 10.00. The van der Waals surface area contributed by atoms with E-state index in [0.717, 1.165) is 6.42 Å². The van der Waals surface area contributed by atoms with E-state index in [9.17, 15) is 0 Å². The van der Waals surface area contributed by atoms with E-state index in [1.165, 1.54) is 87.6 Å². The third-order valence-corrected chi connectivity index (χ3v) is 4.90. The van der Waals surface area contributed by atoms with Crippen LogP contribution in [0.3, 0.4) is 0 Å². The summed E-state index contributed by atoms with van der Waals surface area (Å²) < 4.78 is 0. The summed E-state index contributed by atoms with van der Waals surface area (Å²) in [6.07, 6.45) is 17.5. The van der Waals surface area contributed by atoms with Crippen LogP contribution in [-0.2, 0) is 6.42 Å². The van der Waals surface area contributed by atoms with Crippen molar-refractivity contribution in [3.63, 3.8) is 0 Å². The highest BCUT2D eigenvalue weighted by Crippen LogP contribution is 2.28. The van der Waals surface area contributed by atoms with Gasteiger partial charge in [0.2, 0.25) is 0 Å². The maximum Gasteiger partial charge on any atom is 0.0441 e. The van der Waals surface area contributed by atoms with Crippen molar-refractivity contribution in [3.8, 4) is 0 Å². The monoisotopic (exact) mass is 313 g/mol. The van der Waals surface area contributed by atoms with Crippen molar-refractivity contribution in [1.82, 2.24) is 0 Å². The Kier molecular flexibility index (Phi) is 8.28. The maximum absolute atomic E-state index is 2.47. The molecular weight excluding hydrogens is 278 g/mol. The van der Waals surface area contributed by atoms with Crippen molar-refractivity contribution in [2.75, 3.05) is 11.4 Å². The molecule has 0 unspecified atom stereocenters. The Morgan fingerprint density at radius 2 is 1.43 bits per heavy atom. The Hall–Kier alpha value is -1.24. The molecule has 1 heterocycles. The van der Waals surface area contributed by atoms with E-state index in [4.69, 9.17) is 0 Å².